The third-order valence-corrected chi connectivity index (χ3v) is 3.09. The van der Waals surface area contributed by atoms with E-state index in [1.807, 2.05) is 24.3 Å². The maximum absolute atomic E-state index is 11.5. The fourth-order valence-electron chi connectivity index (χ4n) is 1.88. The topological polar surface area (TPSA) is 55.6 Å². The molecular weight excluding hydrogens is 275 g/mol. The molecule has 0 aliphatic carbocycles. The Bertz CT molecular complexity index is 398. The second kappa shape index (κ2) is 6.95. The summed E-state index contributed by atoms with van der Waals surface area (Å²) in [4.78, 5) is 13.3. The first kappa shape index (κ1) is 15.2. The van der Waals surface area contributed by atoms with Gasteiger partial charge in [-0.3, -0.25) is 4.79 Å². The highest BCUT2D eigenvalue weighted by Crippen LogP contribution is 2.23. The second-order valence-corrected chi connectivity index (χ2v) is 4.39. The summed E-state index contributed by atoms with van der Waals surface area (Å²) >= 11 is 5.83. The van der Waals surface area contributed by atoms with Crippen molar-refractivity contribution in [1.82, 2.24) is 4.90 Å². The number of rotatable bonds is 2. The molecule has 1 aromatic rings. The van der Waals surface area contributed by atoms with Gasteiger partial charge in [0.1, 0.15) is 6.10 Å². The number of ether oxygens (including phenoxy) is 1. The Morgan fingerprint density at radius 3 is 2.72 bits per heavy atom. The van der Waals surface area contributed by atoms with Gasteiger partial charge in [-0.15, -0.1) is 12.4 Å². The van der Waals surface area contributed by atoms with Crippen molar-refractivity contribution in [1.29, 1.82) is 0 Å². The number of hydrogen-bond acceptors (Lipinski definition) is 3. The van der Waals surface area contributed by atoms with Gasteiger partial charge in [0, 0.05) is 11.6 Å². The van der Waals surface area contributed by atoms with Crippen molar-refractivity contribution in [3.63, 3.8) is 0 Å². The largest absolute Gasteiger partial charge is 0.370 e. The molecule has 0 spiro atoms. The zero-order valence-electron chi connectivity index (χ0n) is 9.84. The Kier molecular flexibility index (Phi) is 5.88. The number of hydrogen-bond donors (Lipinski definition) is 1. The Morgan fingerprint density at radius 1 is 1.44 bits per heavy atom. The monoisotopic (exact) mass is 290 g/mol. The number of carbonyl (C=O) groups is 1. The van der Waals surface area contributed by atoms with Crippen molar-refractivity contribution in [2.24, 2.45) is 5.73 Å². The highest BCUT2D eigenvalue weighted by molar-refractivity contribution is 6.30. The quantitative estimate of drug-likeness (QED) is 0.901. The van der Waals surface area contributed by atoms with Gasteiger partial charge in [0.05, 0.1) is 19.7 Å². The average Bonchev–Trinajstić information content (AvgIpc) is 2.39. The van der Waals surface area contributed by atoms with Gasteiger partial charge < -0.3 is 15.4 Å². The maximum Gasteiger partial charge on any atom is 0.236 e. The predicted octanol–water partition coefficient (Wildman–Crippen LogP) is 1.62. The Balaban J connectivity index is 0.00000162. The van der Waals surface area contributed by atoms with Crippen molar-refractivity contribution in [3.05, 3.63) is 34.9 Å². The van der Waals surface area contributed by atoms with Crippen LogP contribution in [0.3, 0.4) is 0 Å². The van der Waals surface area contributed by atoms with Crippen LogP contribution in [-0.4, -0.2) is 37.0 Å². The molecule has 1 aliphatic rings. The normalized spacial score (nSPS) is 19.2. The first-order valence-electron chi connectivity index (χ1n) is 5.55. The van der Waals surface area contributed by atoms with Crippen LogP contribution in [0.5, 0.6) is 0 Å². The molecule has 1 heterocycles. The van der Waals surface area contributed by atoms with Crippen LogP contribution in [0.15, 0.2) is 24.3 Å². The van der Waals surface area contributed by atoms with Crippen LogP contribution in [0.25, 0.3) is 0 Å². The lowest BCUT2D eigenvalue weighted by molar-refractivity contribution is -0.137. The number of morpholine rings is 1. The van der Waals surface area contributed by atoms with E-state index in [1.165, 1.54) is 0 Å². The third kappa shape index (κ3) is 3.59. The number of amides is 1. The van der Waals surface area contributed by atoms with Crippen molar-refractivity contribution in [2.45, 2.75) is 6.10 Å². The molecule has 0 aromatic heterocycles. The van der Waals surface area contributed by atoms with Gasteiger partial charge >= 0.3 is 0 Å². The number of carbonyl (C=O) groups excluding carboxylic acids is 1. The number of benzene rings is 1. The van der Waals surface area contributed by atoms with Crippen LogP contribution in [-0.2, 0) is 9.53 Å². The van der Waals surface area contributed by atoms with E-state index in [2.05, 4.69) is 0 Å². The summed E-state index contributed by atoms with van der Waals surface area (Å²) in [7, 11) is 0. The third-order valence-electron chi connectivity index (χ3n) is 2.84. The molecule has 1 aliphatic heterocycles. The average molecular weight is 291 g/mol. The molecule has 18 heavy (non-hydrogen) atoms. The summed E-state index contributed by atoms with van der Waals surface area (Å²) in [6, 6.07) is 7.49. The fraction of sp³-hybridized carbons (Fsp3) is 0.417. The molecule has 1 saturated heterocycles. The first-order valence-corrected chi connectivity index (χ1v) is 5.93. The lowest BCUT2D eigenvalue weighted by Gasteiger charge is -2.33. The Morgan fingerprint density at radius 2 is 2.11 bits per heavy atom. The van der Waals surface area contributed by atoms with E-state index in [0.29, 0.717) is 24.7 Å². The van der Waals surface area contributed by atoms with Crippen LogP contribution in [0, 0.1) is 0 Å². The summed E-state index contributed by atoms with van der Waals surface area (Å²) < 4.78 is 5.65. The van der Waals surface area contributed by atoms with E-state index in [-0.39, 0.29) is 31.0 Å². The fourth-order valence-corrected chi connectivity index (χ4v) is 2.01. The summed E-state index contributed by atoms with van der Waals surface area (Å²) in [6.45, 7) is 1.75. The molecule has 0 radical (unpaired) electrons. The Labute approximate surface area is 117 Å². The first-order chi connectivity index (χ1) is 8.20. The van der Waals surface area contributed by atoms with Crippen LogP contribution >= 0.6 is 24.0 Å². The zero-order valence-corrected chi connectivity index (χ0v) is 11.4. The van der Waals surface area contributed by atoms with Gasteiger partial charge in [-0.05, 0) is 17.7 Å². The van der Waals surface area contributed by atoms with E-state index < -0.39 is 0 Å². The molecule has 100 valence electrons. The molecule has 1 atom stereocenters. The molecule has 0 saturated carbocycles. The molecule has 4 nitrogen and oxygen atoms in total. The Hall–Kier alpha value is -0.810. The summed E-state index contributed by atoms with van der Waals surface area (Å²) in [5.41, 5.74) is 6.39. The summed E-state index contributed by atoms with van der Waals surface area (Å²) in [6.07, 6.45) is -0.0866. The van der Waals surface area contributed by atoms with Gasteiger partial charge in [-0.25, -0.2) is 0 Å². The highest BCUT2D eigenvalue weighted by atomic mass is 35.5. The predicted molar refractivity (Wildman–Crippen MR) is 73.0 cm³/mol. The summed E-state index contributed by atoms with van der Waals surface area (Å²) in [5, 5.41) is 0.694. The number of nitrogens with two attached hydrogens (primary N) is 1. The SMILES string of the molecule is Cl.NCC(=O)N1CCOC(c2ccc(Cl)cc2)C1. The highest BCUT2D eigenvalue weighted by Gasteiger charge is 2.24. The van der Waals surface area contributed by atoms with Gasteiger partial charge in [0.2, 0.25) is 5.91 Å². The molecule has 0 bridgehead atoms. The van der Waals surface area contributed by atoms with Crippen molar-refractivity contribution in [2.75, 3.05) is 26.2 Å². The smallest absolute Gasteiger partial charge is 0.236 e. The second-order valence-electron chi connectivity index (χ2n) is 3.95. The molecule has 1 aromatic carbocycles. The number of halogens is 2. The van der Waals surface area contributed by atoms with E-state index in [9.17, 15) is 4.79 Å². The summed E-state index contributed by atoms with van der Waals surface area (Å²) in [5.74, 6) is -0.0349. The molecule has 2 rings (SSSR count). The van der Waals surface area contributed by atoms with Crippen LogP contribution in [0.1, 0.15) is 11.7 Å². The van der Waals surface area contributed by atoms with Gasteiger partial charge in [0.15, 0.2) is 0 Å². The lowest BCUT2D eigenvalue weighted by atomic mass is 10.1. The van der Waals surface area contributed by atoms with E-state index >= 15 is 0 Å². The minimum atomic E-state index is -0.0866. The molecule has 1 amide bonds. The van der Waals surface area contributed by atoms with E-state index in [0.717, 1.165) is 5.56 Å². The number of nitrogens with zero attached hydrogens (tertiary/aromatic N) is 1. The van der Waals surface area contributed by atoms with Crippen molar-refractivity contribution in [3.8, 4) is 0 Å². The van der Waals surface area contributed by atoms with E-state index in [1.54, 1.807) is 4.90 Å². The minimum Gasteiger partial charge on any atom is -0.370 e. The molecule has 1 unspecified atom stereocenters. The molecular formula is C12H16Cl2N2O2. The minimum absolute atomic E-state index is 0. The molecule has 6 heteroatoms. The van der Waals surface area contributed by atoms with E-state index in [4.69, 9.17) is 22.1 Å². The van der Waals surface area contributed by atoms with Crippen LogP contribution in [0.4, 0.5) is 0 Å². The van der Waals surface area contributed by atoms with Crippen molar-refractivity contribution >= 4 is 29.9 Å². The standard InChI is InChI=1S/C12H15ClN2O2.ClH/c13-10-3-1-9(2-4-10)11-8-15(5-6-17-11)12(16)7-14;/h1-4,11H,5-8,14H2;1H. The lowest BCUT2D eigenvalue weighted by Crippen LogP contribution is -2.44. The van der Waals surface area contributed by atoms with Gasteiger partial charge in [-0.2, -0.15) is 0 Å². The maximum atomic E-state index is 11.5. The zero-order chi connectivity index (χ0) is 12.3. The molecule has 1 fully saturated rings. The van der Waals surface area contributed by atoms with Crippen LogP contribution in [0.2, 0.25) is 5.02 Å². The van der Waals surface area contributed by atoms with Gasteiger partial charge in [-0.1, -0.05) is 23.7 Å². The molecule has 2 N–H and O–H groups in total. The van der Waals surface area contributed by atoms with Gasteiger partial charge in [0.25, 0.3) is 0 Å². The van der Waals surface area contributed by atoms with Crippen LogP contribution < -0.4 is 5.73 Å². The van der Waals surface area contributed by atoms with Crippen molar-refractivity contribution < 1.29 is 9.53 Å².